The van der Waals surface area contributed by atoms with E-state index in [2.05, 4.69) is 10.3 Å². The molecule has 1 aromatic heterocycles. The van der Waals surface area contributed by atoms with Crippen LogP contribution in [0.4, 0.5) is 18.9 Å². The van der Waals surface area contributed by atoms with Gasteiger partial charge in [-0.3, -0.25) is 4.98 Å². The first-order valence-electron chi connectivity index (χ1n) is 5.88. The van der Waals surface area contributed by atoms with Crippen LogP contribution in [0, 0.1) is 6.92 Å². The number of nitrogens with one attached hydrogen (secondary N) is 1. The second-order valence-corrected chi connectivity index (χ2v) is 4.78. The van der Waals surface area contributed by atoms with Gasteiger partial charge in [-0.15, -0.1) is 0 Å². The zero-order valence-electron chi connectivity index (χ0n) is 10.6. The normalized spacial score (nSPS) is 11.4. The maximum absolute atomic E-state index is 12.5. The fourth-order valence-electron chi connectivity index (χ4n) is 1.62. The lowest BCUT2D eigenvalue weighted by Gasteiger charge is -2.11. The lowest BCUT2D eigenvalue weighted by atomic mass is 10.2. The molecule has 1 N–H and O–H groups in total. The third-order valence-electron chi connectivity index (χ3n) is 2.73. The van der Waals surface area contributed by atoms with Crippen LogP contribution in [0.15, 0.2) is 36.5 Å². The fraction of sp³-hybridized carbons (Fsp3) is 0.214. The summed E-state index contributed by atoms with van der Waals surface area (Å²) in [5, 5.41) is 3.00. The zero-order valence-corrected chi connectivity index (χ0v) is 11.4. The second-order valence-electron chi connectivity index (χ2n) is 4.37. The van der Waals surface area contributed by atoms with Crippen molar-refractivity contribution in [3.05, 3.63) is 58.4 Å². The highest BCUT2D eigenvalue weighted by atomic mass is 35.5. The minimum Gasteiger partial charge on any atom is -0.378 e. The van der Waals surface area contributed by atoms with E-state index in [9.17, 15) is 13.2 Å². The van der Waals surface area contributed by atoms with Crippen LogP contribution in [0.25, 0.3) is 0 Å². The number of benzene rings is 1. The summed E-state index contributed by atoms with van der Waals surface area (Å²) in [4.78, 5) is 4.19. The van der Waals surface area contributed by atoms with Crippen LogP contribution in [-0.2, 0) is 12.7 Å². The van der Waals surface area contributed by atoms with Crippen molar-refractivity contribution in [2.75, 3.05) is 5.32 Å². The third-order valence-corrected chi connectivity index (χ3v) is 3.04. The molecule has 0 amide bonds. The molecule has 0 unspecified atom stereocenters. The van der Waals surface area contributed by atoms with Gasteiger partial charge in [0, 0.05) is 6.20 Å². The maximum Gasteiger partial charge on any atom is 0.416 e. The van der Waals surface area contributed by atoms with Crippen LogP contribution < -0.4 is 5.32 Å². The van der Waals surface area contributed by atoms with E-state index < -0.39 is 11.7 Å². The van der Waals surface area contributed by atoms with E-state index in [0.717, 1.165) is 23.4 Å². The van der Waals surface area contributed by atoms with Crippen LogP contribution in [0.2, 0.25) is 5.02 Å². The Hall–Kier alpha value is -1.75. The second kappa shape index (κ2) is 5.71. The molecule has 0 saturated carbocycles. The van der Waals surface area contributed by atoms with Gasteiger partial charge in [0.05, 0.1) is 28.5 Å². The number of aryl methyl sites for hydroxylation is 1. The molecule has 106 valence electrons. The van der Waals surface area contributed by atoms with Gasteiger partial charge in [0.25, 0.3) is 0 Å². The molecule has 0 fully saturated rings. The molecule has 2 aromatic rings. The number of hydrogen-bond acceptors (Lipinski definition) is 2. The molecule has 1 heterocycles. The number of alkyl halides is 3. The molecule has 2 nitrogen and oxygen atoms in total. The molecule has 20 heavy (non-hydrogen) atoms. The molecule has 0 saturated heterocycles. The van der Waals surface area contributed by atoms with Gasteiger partial charge in [-0.2, -0.15) is 13.2 Å². The van der Waals surface area contributed by atoms with Crippen LogP contribution in [0.3, 0.4) is 0 Å². The van der Waals surface area contributed by atoms with Crippen LogP contribution >= 0.6 is 11.6 Å². The minimum atomic E-state index is -4.39. The number of aromatic nitrogens is 1. The average Bonchev–Trinajstić information content (AvgIpc) is 2.38. The van der Waals surface area contributed by atoms with Crippen LogP contribution in [0.5, 0.6) is 0 Å². The summed E-state index contributed by atoms with van der Waals surface area (Å²) < 4.78 is 37.5. The topological polar surface area (TPSA) is 24.9 Å². The Kier molecular flexibility index (Phi) is 4.18. The standard InChI is InChI=1S/C14H12ClF3N2/c1-9-2-4-11(19-7-9)8-20-13-5-3-10(6-12(13)15)14(16,17)18/h2-7,20H,8H2,1H3. The van der Waals surface area contributed by atoms with Gasteiger partial charge < -0.3 is 5.32 Å². The van der Waals surface area contributed by atoms with Crippen LogP contribution in [0.1, 0.15) is 16.8 Å². The van der Waals surface area contributed by atoms with Crippen molar-refractivity contribution in [1.82, 2.24) is 4.98 Å². The van der Waals surface area contributed by atoms with Crippen LogP contribution in [-0.4, -0.2) is 4.98 Å². The van der Waals surface area contributed by atoms with Crippen molar-refractivity contribution >= 4 is 17.3 Å². The summed E-state index contributed by atoms with van der Waals surface area (Å²) in [6.45, 7) is 2.32. The Bertz CT molecular complexity index is 594. The number of halogens is 4. The lowest BCUT2D eigenvalue weighted by Crippen LogP contribution is -2.06. The van der Waals surface area contributed by atoms with E-state index in [4.69, 9.17) is 11.6 Å². The van der Waals surface area contributed by atoms with E-state index in [1.54, 1.807) is 6.20 Å². The van der Waals surface area contributed by atoms with Gasteiger partial charge in [0.2, 0.25) is 0 Å². The molecular weight excluding hydrogens is 289 g/mol. The molecular formula is C14H12ClF3N2. The van der Waals surface area contributed by atoms with Gasteiger partial charge in [-0.1, -0.05) is 17.7 Å². The van der Waals surface area contributed by atoms with Gasteiger partial charge in [-0.25, -0.2) is 0 Å². The number of hydrogen-bond donors (Lipinski definition) is 1. The Morgan fingerprint density at radius 2 is 1.95 bits per heavy atom. The molecule has 1 aromatic carbocycles. The summed E-state index contributed by atoms with van der Waals surface area (Å²) in [5.74, 6) is 0. The minimum absolute atomic E-state index is 0.0342. The smallest absolute Gasteiger partial charge is 0.378 e. The summed E-state index contributed by atoms with van der Waals surface area (Å²) in [6.07, 6.45) is -2.66. The van der Waals surface area contributed by atoms with Crippen molar-refractivity contribution < 1.29 is 13.2 Å². The van der Waals surface area contributed by atoms with E-state index in [1.165, 1.54) is 6.07 Å². The molecule has 0 atom stereocenters. The SMILES string of the molecule is Cc1ccc(CNc2ccc(C(F)(F)F)cc2Cl)nc1. The first-order valence-corrected chi connectivity index (χ1v) is 6.26. The van der Waals surface area contributed by atoms with Crippen molar-refractivity contribution in [1.29, 1.82) is 0 Å². The fourth-order valence-corrected chi connectivity index (χ4v) is 1.87. The van der Waals surface area contributed by atoms with E-state index in [1.807, 2.05) is 19.1 Å². The number of rotatable bonds is 3. The van der Waals surface area contributed by atoms with E-state index in [0.29, 0.717) is 12.2 Å². The number of anilines is 1. The van der Waals surface area contributed by atoms with Crippen molar-refractivity contribution in [2.24, 2.45) is 0 Å². The molecule has 6 heteroatoms. The molecule has 0 bridgehead atoms. The molecule has 0 aliphatic carbocycles. The predicted octanol–water partition coefficient (Wildman–Crippen LogP) is 4.67. The number of pyridine rings is 1. The van der Waals surface area contributed by atoms with Crippen molar-refractivity contribution in [2.45, 2.75) is 19.6 Å². The summed E-state index contributed by atoms with van der Waals surface area (Å²) in [7, 11) is 0. The van der Waals surface area contributed by atoms with Gasteiger partial charge in [0.1, 0.15) is 0 Å². The highest BCUT2D eigenvalue weighted by molar-refractivity contribution is 6.33. The first kappa shape index (κ1) is 14.7. The Morgan fingerprint density at radius 3 is 2.50 bits per heavy atom. The van der Waals surface area contributed by atoms with E-state index >= 15 is 0 Å². The molecule has 2 rings (SSSR count). The average molecular weight is 301 g/mol. The monoisotopic (exact) mass is 300 g/mol. The van der Waals surface area contributed by atoms with Gasteiger partial charge in [-0.05, 0) is 36.8 Å². The van der Waals surface area contributed by atoms with Crippen molar-refractivity contribution in [3.8, 4) is 0 Å². The van der Waals surface area contributed by atoms with E-state index in [-0.39, 0.29) is 5.02 Å². The van der Waals surface area contributed by atoms with Gasteiger partial charge in [0.15, 0.2) is 0 Å². The largest absolute Gasteiger partial charge is 0.416 e. The Labute approximate surface area is 119 Å². The summed E-state index contributed by atoms with van der Waals surface area (Å²) >= 11 is 5.84. The molecule has 0 radical (unpaired) electrons. The maximum atomic E-state index is 12.5. The third kappa shape index (κ3) is 3.63. The molecule has 0 aliphatic rings. The molecule has 0 spiro atoms. The summed E-state index contributed by atoms with van der Waals surface area (Å²) in [5.41, 5.74) is 1.51. The lowest BCUT2D eigenvalue weighted by molar-refractivity contribution is -0.137. The quantitative estimate of drug-likeness (QED) is 0.890. The van der Waals surface area contributed by atoms with Gasteiger partial charge >= 0.3 is 6.18 Å². The molecule has 0 aliphatic heterocycles. The van der Waals surface area contributed by atoms with Crippen molar-refractivity contribution in [3.63, 3.8) is 0 Å². The Balaban J connectivity index is 2.08. The summed E-state index contributed by atoms with van der Waals surface area (Å²) in [6, 6.07) is 6.99. The highest BCUT2D eigenvalue weighted by Crippen LogP contribution is 2.33. The highest BCUT2D eigenvalue weighted by Gasteiger charge is 2.30. The number of nitrogens with zero attached hydrogens (tertiary/aromatic N) is 1. The first-order chi connectivity index (χ1) is 9.36. The zero-order chi connectivity index (χ0) is 14.8. The predicted molar refractivity (Wildman–Crippen MR) is 72.8 cm³/mol. The Morgan fingerprint density at radius 1 is 1.20 bits per heavy atom.